The number of anilines is 2. The molecule has 1 aromatic heterocycles. The van der Waals surface area contributed by atoms with Crippen LogP contribution in [-0.2, 0) is 22.5 Å². The van der Waals surface area contributed by atoms with Crippen LogP contribution in [-0.4, -0.2) is 48.3 Å². The van der Waals surface area contributed by atoms with Crippen molar-refractivity contribution in [1.29, 1.82) is 0 Å². The number of likely N-dealkylation sites (N-methyl/N-ethyl adjacent to an activating group) is 1. The second kappa shape index (κ2) is 8.81. The van der Waals surface area contributed by atoms with Crippen molar-refractivity contribution in [3.8, 4) is 0 Å². The molecule has 7 heteroatoms. The summed E-state index contributed by atoms with van der Waals surface area (Å²) in [6.45, 7) is 6.88. The summed E-state index contributed by atoms with van der Waals surface area (Å²) in [5.41, 5.74) is 1.37. The van der Waals surface area contributed by atoms with Gasteiger partial charge in [0.15, 0.2) is 0 Å². The van der Waals surface area contributed by atoms with Gasteiger partial charge in [-0.15, -0.1) is 0 Å². The maximum absolute atomic E-state index is 13.0. The zero-order chi connectivity index (χ0) is 19.2. The fourth-order valence-corrected chi connectivity index (χ4v) is 3.21. The summed E-state index contributed by atoms with van der Waals surface area (Å²) in [7, 11) is 0. The molecular formula is C20H26N4O3. The molecule has 0 saturated carbocycles. The van der Waals surface area contributed by atoms with Crippen LogP contribution in [0.3, 0.4) is 0 Å². The molecule has 1 aromatic carbocycles. The molecule has 3 rings (SSSR count). The second-order valence-corrected chi connectivity index (χ2v) is 6.40. The van der Waals surface area contributed by atoms with Crippen molar-refractivity contribution < 1.29 is 9.53 Å². The van der Waals surface area contributed by atoms with Crippen molar-refractivity contribution in [3.63, 3.8) is 0 Å². The number of morpholine rings is 1. The number of amides is 1. The zero-order valence-corrected chi connectivity index (χ0v) is 15.9. The molecule has 0 aliphatic carbocycles. The quantitative estimate of drug-likeness (QED) is 0.774. The van der Waals surface area contributed by atoms with Crippen molar-refractivity contribution in [2.45, 2.75) is 26.8 Å². The van der Waals surface area contributed by atoms with Gasteiger partial charge in [0.05, 0.1) is 13.2 Å². The highest BCUT2D eigenvalue weighted by Crippen LogP contribution is 2.16. The van der Waals surface area contributed by atoms with Crippen molar-refractivity contribution in [2.24, 2.45) is 0 Å². The smallest absolute Gasteiger partial charge is 0.255 e. The predicted octanol–water partition coefficient (Wildman–Crippen LogP) is 1.70. The fourth-order valence-electron chi connectivity index (χ4n) is 3.21. The molecule has 7 nitrogen and oxygen atoms in total. The second-order valence-electron chi connectivity index (χ2n) is 6.40. The average molecular weight is 370 g/mol. The Morgan fingerprint density at radius 3 is 2.52 bits per heavy atom. The van der Waals surface area contributed by atoms with E-state index in [2.05, 4.69) is 4.98 Å². The molecule has 2 heterocycles. The Kier molecular flexibility index (Phi) is 6.24. The highest BCUT2D eigenvalue weighted by atomic mass is 16.5. The topological polar surface area (TPSA) is 67.7 Å². The van der Waals surface area contributed by atoms with Gasteiger partial charge in [0.25, 0.3) is 5.56 Å². The van der Waals surface area contributed by atoms with Crippen LogP contribution in [0.4, 0.5) is 11.6 Å². The van der Waals surface area contributed by atoms with E-state index in [4.69, 9.17) is 4.74 Å². The van der Waals surface area contributed by atoms with E-state index in [-0.39, 0.29) is 18.0 Å². The first-order chi connectivity index (χ1) is 13.1. The molecule has 1 amide bonds. The van der Waals surface area contributed by atoms with E-state index in [0.29, 0.717) is 45.2 Å². The Balaban J connectivity index is 1.93. The lowest BCUT2D eigenvalue weighted by Crippen LogP contribution is -2.43. The van der Waals surface area contributed by atoms with Crippen molar-refractivity contribution in [2.75, 3.05) is 42.6 Å². The summed E-state index contributed by atoms with van der Waals surface area (Å²) in [5, 5.41) is 0. The van der Waals surface area contributed by atoms with Gasteiger partial charge in [0.2, 0.25) is 11.9 Å². The summed E-state index contributed by atoms with van der Waals surface area (Å²) in [6.07, 6.45) is 0.673. The number of ether oxygens (including phenoxy) is 1. The standard InChI is InChI=1S/C20H26N4O3/c1-3-16-14-18(25)24(20(21-16)22-10-12-27-13-11-22)15-19(26)23(4-2)17-8-6-5-7-9-17/h5-9,14H,3-4,10-13,15H2,1-2H3. The van der Waals surface area contributed by atoms with Crippen LogP contribution in [0, 0.1) is 0 Å². The largest absolute Gasteiger partial charge is 0.378 e. The number of benzene rings is 1. The molecule has 2 aromatic rings. The predicted molar refractivity (Wildman–Crippen MR) is 105 cm³/mol. The van der Waals surface area contributed by atoms with Crippen molar-refractivity contribution in [3.05, 3.63) is 52.4 Å². The van der Waals surface area contributed by atoms with E-state index in [1.165, 1.54) is 10.6 Å². The van der Waals surface area contributed by atoms with Gasteiger partial charge in [0.1, 0.15) is 6.54 Å². The van der Waals surface area contributed by atoms with Gasteiger partial charge in [-0.2, -0.15) is 0 Å². The van der Waals surface area contributed by atoms with E-state index in [1.807, 2.05) is 49.1 Å². The molecule has 0 bridgehead atoms. The molecule has 0 unspecified atom stereocenters. The van der Waals surface area contributed by atoms with Crippen LogP contribution in [0.1, 0.15) is 19.5 Å². The number of carbonyl (C=O) groups excluding carboxylic acids is 1. The molecule has 1 aliphatic heterocycles. The molecule has 0 radical (unpaired) electrons. The molecule has 1 aliphatic rings. The van der Waals surface area contributed by atoms with E-state index in [1.54, 1.807) is 4.90 Å². The van der Waals surface area contributed by atoms with Gasteiger partial charge in [-0.25, -0.2) is 4.98 Å². The minimum absolute atomic E-state index is 0.0365. The molecule has 144 valence electrons. The molecule has 0 spiro atoms. The van der Waals surface area contributed by atoms with Gasteiger partial charge in [0, 0.05) is 37.1 Å². The highest BCUT2D eigenvalue weighted by molar-refractivity contribution is 5.93. The van der Waals surface area contributed by atoms with Gasteiger partial charge >= 0.3 is 0 Å². The van der Waals surface area contributed by atoms with Gasteiger partial charge in [-0.05, 0) is 25.5 Å². The van der Waals surface area contributed by atoms with Crippen LogP contribution in [0.2, 0.25) is 0 Å². The first-order valence-corrected chi connectivity index (χ1v) is 9.43. The zero-order valence-electron chi connectivity index (χ0n) is 15.9. The van der Waals surface area contributed by atoms with E-state index in [0.717, 1.165) is 11.4 Å². The maximum Gasteiger partial charge on any atom is 0.255 e. The van der Waals surface area contributed by atoms with E-state index < -0.39 is 0 Å². The van der Waals surface area contributed by atoms with E-state index in [9.17, 15) is 9.59 Å². The lowest BCUT2D eigenvalue weighted by molar-refractivity contribution is -0.119. The molecule has 0 atom stereocenters. The van der Waals surface area contributed by atoms with Crippen LogP contribution in [0.15, 0.2) is 41.2 Å². The Bertz CT molecular complexity index is 829. The number of nitrogens with zero attached hydrogens (tertiary/aromatic N) is 4. The summed E-state index contributed by atoms with van der Waals surface area (Å²) < 4.78 is 6.89. The Labute approximate surface area is 159 Å². The summed E-state index contributed by atoms with van der Waals surface area (Å²) >= 11 is 0. The Morgan fingerprint density at radius 2 is 1.89 bits per heavy atom. The van der Waals surface area contributed by atoms with Crippen molar-refractivity contribution >= 4 is 17.5 Å². The minimum atomic E-state index is -0.194. The molecular weight excluding hydrogens is 344 g/mol. The van der Waals surface area contributed by atoms with Gasteiger partial charge in [-0.1, -0.05) is 25.1 Å². The summed E-state index contributed by atoms with van der Waals surface area (Å²) in [4.78, 5) is 34.1. The van der Waals surface area contributed by atoms with Crippen LogP contribution in [0.25, 0.3) is 0 Å². The monoisotopic (exact) mass is 370 g/mol. The summed E-state index contributed by atoms with van der Waals surface area (Å²) in [5.74, 6) is 0.423. The molecule has 1 fully saturated rings. The van der Waals surface area contributed by atoms with Crippen molar-refractivity contribution in [1.82, 2.24) is 9.55 Å². The minimum Gasteiger partial charge on any atom is -0.378 e. The molecule has 27 heavy (non-hydrogen) atoms. The third-order valence-electron chi connectivity index (χ3n) is 4.68. The van der Waals surface area contributed by atoms with E-state index >= 15 is 0 Å². The third kappa shape index (κ3) is 4.36. The molecule has 0 N–H and O–H groups in total. The third-order valence-corrected chi connectivity index (χ3v) is 4.68. The van der Waals surface area contributed by atoms with Gasteiger partial charge in [-0.3, -0.25) is 14.2 Å². The van der Waals surface area contributed by atoms with Gasteiger partial charge < -0.3 is 14.5 Å². The number of aromatic nitrogens is 2. The number of rotatable bonds is 6. The first-order valence-electron chi connectivity index (χ1n) is 9.43. The maximum atomic E-state index is 13.0. The van der Waals surface area contributed by atoms with Crippen LogP contribution in [0.5, 0.6) is 0 Å². The Morgan fingerprint density at radius 1 is 1.19 bits per heavy atom. The SMILES string of the molecule is CCc1cc(=O)n(CC(=O)N(CC)c2ccccc2)c(N2CCOCC2)n1. The number of hydrogen-bond donors (Lipinski definition) is 0. The molecule has 1 saturated heterocycles. The van der Waals surface area contributed by atoms with Crippen LogP contribution < -0.4 is 15.4 Å². The fraction of sp³-hybridized carbons (Fsp3) is 0.450. The number of carbonyl (C=O) groups is 1. The number of aryl methyl sites for hydroxylation is 1. The number of para-hydroxylation sites is 1. The lowest BCUT2D eigenvalue weighted by Gasteiger charge is -2.30. The summed E-state index contributed by atoms with van der Waals surface area (Å²) in [6, 6.07) is 11.0. The first kappa shape index (κ1) is 19.1. The lowest BCUT2D eigenvalue weighted by atomic mass is 10.2. The Hall–Kier alpha value is -2.67. The highest BCUT2D eigenvalue weighted by Gasteiger charge is 2.22. The number of hydrogen-bond acceptors (Lipinski definition) is 5. The normalized spacial score (nSPS) is 14.2. The average Bonchev–Trinajstić information content (AvgIpc) is 2.71. The van der Waals surface area contributed by atoms with Crippen LogP contribution >= 0.6 is 0 Å².